The maximum absolute atomic E-state index is 12.7. The quantitative estimate of drug-likeness (QED) is 0.568. The van der Waals surface area contributed by atoms with Crippen molar-refractivity contribution in [2.45, 2.75) is 6.54 Å². The summed E-state index contributed by atoms with van der Waals surface area (Å²) in [4.78, 5) is 25.6. The third-order valence-corrected chi connectivity index (χ3v) is 4.08. The third-order valence-electron chi connectivity index (χ3n) is 4.08. The molecule has 0 spiro atoms. The van der Waals surface area contributed by atoms with Gasteiger partial charge in [0, 0.05) is 29.5 Å². The number of hydrogen-bond donors (Lipinski definition) is 2. The van der Waals surface area contributed by atoms with Gasteiger partial charge in [-0.15, -0.1) is 0 Å². The molecule has 6 heteroatoms. The van der Waals surface area contributed by atoms with Crippen molar-refractivity contribution in [1.82, 2.24) is 15.0 Å². The van der Waals surface area contributed by atoms with Crippen LogP contribution in [0.25, 0.3) is 10.9 Å². The molecular formula is C21H17N5O. The van der Waals surface area contributed by atoms with Crippen molar-refractivity contribution in [1.29, 1.82) is 0 Å². The molecule has 0 saturated carbocycles. The molecule has 2 N–H and O–H groups in total. The number of carbonyl (C=O) groups excluding carboxylic acids is 1. The average molecular weight is 355 g/mol. The fraction of sp³-hybridized carbons (Fsp3) is 0.0476. The summed E-state index contributed by atoms with van der Waals surface area (Å²) in [5, 5.41) is 7.09. The highest BCUT2D eigenvalue weighted by Gasteiger charge is 2.10. The monoisotopic (exact) mass is 355 g/mol. The van der Waals surface area contributed by atoms with Crippen molar-refractivity contribution in [3.8, 4) is 0 Å². The summed E-state index contributed by atoms with van der Waals surface area (Å²) >= 11 is 0. The second-order valence-electron chi connectivity index (χ2n) is 5.94. The number of fused-ring (bicyclic) bond motifs is 1. The molecule has 0 aliphatic heterocycles. The van der Waals surface area contributed by atoms with Crippen LogP contribution in [0.5, 0.6) is 0 Å². The first-order chi connectivity index (χ1) is 13.3. The Labute approximate surface area is 156 Å². The van der Waals surface area contributed by atoms with Gasteiger partial charge in [-0.25, -0.2) is 4.98 Å². The number of carbonyl (C=O) groups is 1. The lowest BCUT2D eigenvalue weighted by molar-refractivity contribution is 0.102. The van der Waals surface area contributed by atoms with Crippen LogP contribution in [0.2, 0.25) is 0 Å². The van der Waals surface area contributed by atoms with Crippen molar-refractivity contribution < 1.29 is 4.79 Å². The second kappa shape index (κ2) is 7.61. The average Bonchev–Trinajstić information content (AvgIpc) is 2.73. The van der Waals surface area contributed by atoms with Gasteiger partial charge in [0.25, 0.3) is 5.91 Å². The van der Waals surface area contributed by atoms with Crippen molar-refractivity contribution in [2.75, 3.05) is 10.6 Å². The number of nitrogens with one attached hydrogen (secondary N) is 2. The van der Waals surface area contributed by atoms with E-state index in [0.717, 1.165) is 16.6 Å². The molecule has 0 saturated heterocycles. The van der Waals surface area contributed by atoms with Crippen LogP contribution in [0, 0.1) is 0 Å². The Hall–Kier alpha value is -3.80. The second-order valence-corrected chi connectivity index (χ2v) is 5.94. The molecule has 132 valence electrons. The summed E-state index contributed by atoms with van der Waals surface area (Å²) in [6.45, 7) is 0.534. The summed E-state index contributed by atoms with van der Waals surface area (Å²) in [7, 11) is 0. The summed E-state index contributed by atoms with van der Waals surface area (Å²) in [5.74, 6) is 0.404. The highest BCUT2D eigenvalue weighted by molar-refractivity contribution is 6.08. The third kappa shape index (κ3) is 3.90. The van der Waals surface area contributed by atoms with E-state index in [0.29, 0.717) is 23.6 Å². The zero-order valence-corrected chi connectivity index (χ0v) is 14.5. The summed E-state index contributed by atoms with van der Waals surface area (Å²) in [5.41, 5.74) is 2.85. The number of rotatable bonds is 5. The van der Waals surface area contributed by atoms with Crippen molar-refractivity contribution in [3.05, 3.63) is 90.5 Å². The number of nitrogens with zero attached hydrogens (tertiary/aromatic N) is 3. The van der Waals surface area contributed by atoms with E-state index in [1.165, 1.54) is 0 Å². The number of benzene rings is 1. The van der Waals surface area contributed by atoms with Gasteiger partial charge in [-0.2, -0.15) is 0 Å². The van der Waals surface area contributed by atoms with Crippen molar-refractivity contribution in [2.24, 2.45) is 0 Å². The van der Waals surface area contributed by atoms with E-state index in [4.69, 9.17) is 0 Å². The van der Waals surface area contributed by atoms with Gasteiger partial charge < -0.3 is 10.6 Å². The summed E-state index contributed by atoms with van der Waals surface area (Å²) in [6.07, 6.45) is 5.06. The Kier molecular flexibility index (Phi) is 4.70. The van der Waals surface area contributed by atoms with E-state index in [1.807, 2.05) is 48.5 Å². The summed E-state index contributed by atoms with van der Waals surface area (Å²) < 4.78 is 0. The minimum absolute atomic E-state index is 0.212. The SMILES string of the molecule is O=C(Nc1cccc2cccnc12)c1ccnc(NCc2ccccn2)c1. The smallest absolute Gasteiger partial charge is 0.255 e. The Morgan fingerprint density at radius 1 is 0.852 bits per heavy atom. The van der Waals surface area contributed by atoms with Gasteiger partial charge in [0.1, 0.15) is 5.82 Å². The molecule has 0 bridgehead atoms. The zero-order valence-electron chi connectivity index (χ0n) is 14.5. The number of amides is 1. The van der Waals surface area contributed by atoms with Crippen LogP contribution < -0.4 is 10.6 Å². The first-order valence-corrected chi connectivity index (χ1v) is 8.54. The van der Waals surface area contributed by atoms with E-state index < -0.39 is 0 Å². The largest absolute Gasteiger partial charge is 0.364 e. The van der Waals surface area contributed by atoms with Gasteiger partial charge in [-0.3, -0.25) is 14.8 Å². The molecule has 4 aromatic rings. The summed E-state index contributed by atoms with van der Waals surface area (Å²) in [6, 6.07) is 18.7. The maximum atomic E-state index is 12.7. The van der Waals surface area contributed by atoms with E-state index in [2.05, 4.69) is 25.6 Å². The van der Waals surface area contributed by atoms with Crippen molar-refractivity contribution >= 4 is 28.3 Å². The molecule has 1 amide bonds. The fourth-order valence-electron chi connectivity index (χ4n) is 2.75. The van der Waals surface area contributed by atoms with Crippen LogP contribution in [-0.2, 0) is 6.54 Å². The fourth-order valence-corrected chi connectivity index (χ4v) is 2.75. The molecule has 6 nitrogen and oxygen atoms in total. The lowest BCUT2D eigenvalue weighted by atomic mass is 10.1. The Bertz CT molecular complexity index is 1080. The molecule has 0 unspecified atom stereocenters. The van der Waals surface area contributed by atoms with Gasteiger partial charge >= 0.3 is 0 Å². The molecule has 0 aliphatic carbocycles. The number of para-hydroxylation sites is 1. The number of aromatic nitrogens is 3. The zero-order chi connectivity index (χ0) is 18.5. The van der Waals surface area contributed by atoms with Crippen LogP contribution in [0.4, 0.5) is 11.5 Å². The number of hydrogen-bond acceptors (Lipinski definition) is 5. The molecule has 1 aromatic carbocycles. The molecule has 0 atom stereocenters. The highest BCUT2D eigenvalue weighted by atomic mass is 16.1. The standard InChI is InChI=1S/C21H17N5O/c27-21(26-18-8-3-5-15-6-4-11-24-20(15)18)16-9-12-23-19(13-16)25-14-17-7-1-2-10-22-17/h1-13H,14H2,(H,23,25)(H,26,27). The topological polar surface area (TPSA) is 79.8 Å². The number of pyridine rings is 3. The van der Waals surface area contributed by atoms with Crippen LogP contribution in [-0.4, -0.2) is 20.9 Å². The first-order valence-electron chi connectivity index (χ1n) is 8.54. The lowest BCUT2D eigenvalue weighted by Gasteiger charge is -2.09. The molecule has 0 fully saturated rings. The van der Waals surface area contributed by atoms with Gasteiger partial charge in [0.15, 0.2) is 0 Å². The highest BCUT2D eigenvalue weighted by Crippen LogP contribution is 2.21. The predicted molar refractivity (Wildman–Crippen MR) is 105 cm³/mol. The molecule has 4 rings (SSSR count). The minimum Gasteiger partial charge on any atom is -0.364 e. The van der Waals surface area contributed by atoms with Gasteiger partial charge in [-0.1, -0.05) is 24.3 Å². The molecule has 3 aromatic heterocycles. The predicted octanol–water partition coefficient (Wildman–Crippen LogP) is 3.89. The molecule has 0 aliphatic rings. The van der Waals surface area contributed by atoms with Gasteiger partial charge in [0.05, 0.1) is 23.4 Å². The van der Waals surface area contributed by atoms with E-state index in [9.17, 15) is 4.79 Å². The van der Waals surface area contributed by atoms with E-state index in [-0.39, 0.29) is 5.91 Å². The Morgan fingerprint density at radius 3 is 2.63 bits per heavy atom. The van der Waals surface area contributed by atoms with Gasteiger partial charge in [0.2, 0.25) is 0 Å². The van der Waals surface area contributed by atoms with Gasteiger partial charge in [-0.05, 0) is 36.4 Å². The number of anilines is 2. The molecular weight excluding hydrogens is 338 g/mol. The van der Waals surface area contributed by atoms with E-state index >= 15 is 0 Å². The normalized spacial score (nSPS) is 10.5. The van der Waals surface area contributed by atoms with Crippen LogP contribution in [0.15, 0.2) is 79.3 Å². The minimum atomic E-state index is -0.212. The van der Waals surface area contributed by atoms with E-state index in [1.54, 1.807) is 30.7 Å². The van der Waals surface area contributed by atoms with Crippen LogP contribution >= 0.6 is 0 Å². The maximum Gasteiger partial charge on any atom is 0.255 e. The first kappa shape index (κ1) is 16.7. The van der Waals surface area contributed by atoms with Crippen molar-refractivity contribution in [3.63, 3.8) is 0 Å². The molecule has 0 radical (unpaired) electrons. The molecule has 27 heavy (non-hydrogen) atoms. The Morgan fingerprint density at radius 2 is 1.74 bits per heavy atom. The lowest BCUT2D eigenvalue weighted by Crippen LogP contribution is -2.13. The van der Waals surface area contributed by atoms with Crippen LogP contribution in [0.1, 0.15) is 16.1 Å². The molecule has 3 heterocycles. The van der Waals surface area contributed by atoms with Crippen LogP contribution in [0.3, 0.4) is 0 Å². The Balaban J connectivity index is 1.50.